The maximum absolute atomic E-state index is 5.84. The minimum absolute atomic E-state index is 0.0381. The van der Waals surface area contributed by atoms with Gasteiger partial charge in [0.15, 0.2) is 0 Å². The number of ether oxygens (including phenoxy) is 1. The summed E-state index contributed by atoms with van der Waals surface area (Å²) in [7, 11) is 0. The number of rotatable bonds is 1. The van der Waals surface area contributed by atoms with Crippen molar-refractivity contribution in [1.82, 2.24) is 9.78 Å². The Morgan fingerprint density at radius 1 is 1.31 bits per heavy atom. The monoisotopic (exact) mass is 214 g/mol. The van der Waals surface area contributed by atoms with Crippen LogP contribution in [0.3, 0.4) is 0 Å². The maximum Gasteiger partial charge on any atom is 0.124 e. The summed E-state index contributed by atoms with van der Waals surface area (Å²) in [5.74, 6) is 0. The summed E-state index contributed by atoms with van der Waals surface area (Å²) < 4.78 is 7.90. The predicted octanol–water partition coefficient (Wildman–Crippen LogP) is 2.31. The van der Waals surface area contributed by atoms with Crippen LogP contribution in [0.25, 0.3) is 0 Å². The molecule has 0 N–H and O–H groups in total. The Balaban J connectivity index is 2.05. The number of benzene rings is 1. The molecule has 1 unspecified atom stereocenters. The Morgan fingerprint density at radius 3 is 2.94 bits per heavy atom. The summed E-state index contributed by atoms with van der Waals surface area (Å²) in [6.07, 6.45) is 0.0381. The van der Waals surface area contributed by atoms with Crippen molar-refractivity contribution in [1.29, 1.82) is 0 Å². The highest BCUT2D eigenvalue weighted by Crippen LogP contribution is 2.29. The van der Waals surface area contributed by atoms with Crippen molar-refractivity contribution < 1.29 is 4.74 Å². The van der Waals surface area contributed by atoms with E-state index in [1.165, 1.54) is 5.56 Å². The Kier molecular flexibility index (Phi) is 2.26. The first-order valence-electron chi connectivity index (χ1n) is 5.55. The lowest BCUT2D eigenvalue weighted by Crippen LogP contribution is -2.22. The molecular weight excluding hydrogens is 200 g/mol. The van der Waals surface area contributed by atoms with Crippen LogP contribution in [0.5, 0.6) is 0 Å². The summed E-state index contributed by atoms with van der Waals surface area (Å²) in [4.78, 5) is 0. The largest absolute Gasteiger partial charge is 0.365 e. The van der Waals surface area contributed by atoms with Gasteiger partial charge in [0.1, 0.15) is 6.10 Å². The number of hydrogen-bond acceptors (Lipinski definition) is 2. The molecule has 1 atom stereocenters. The van der Waals surface area contributed by atoms with Gasteiger partial charge in [-0.1, -0.05) is 30.3 Å². The van der Waals surface area contributed by atoms with Crippen LogP contribution in [0.1, 0.15) is 23.1 Å². The molecule has 1 aromatic carbocycles. The van der Waals surface area contributed by atoms with Crippen LogP contribution in [-0.2, 0) is 11.3 Å². The van der Waals surface area contributed by atoms with Gasteiger partial charge in [0, 0.05) is 0 Å². The molecule has 16 heavy (non-hydrogen) atoms. The van der Waals surface area contributed by atoms with Crippen LogP contribution in [0.15, 0.2) is 36.4 Å². The van der Waals surface area contributed by atoms with Gasteiger partial charge in [0.05, 0.1) is 24.5 Å². The van der Waals surface area contributed by atoms with Crippen LogP contribution < -0.4 is 0 Å². The molecule has 3 nitrogen and oxygen atoms in total. The highest BCUT2D eigenvalue weighted by Gasteiger charge is 2.23. The van der Waals surface area contributed by atoms with E-state index in [2.05, 4.69) is 28.0 Å². The lowest BCUT2D eigenvalue weighted by atomic mass is 10.1. The molecule has 1 aliphatic rings. The molecular formula is C13H14N2O. The highest BCUT2D eigenvalue weighted by molar-refractivity contribution is 5.27. The number of fused-ring (bicyclic) bond motifs is 1. The predicted molar refractivity (Wildman–Crippen MR) is 61.2 cm³/mol. The molecule has 2 heterocycles. The Hall–Kier alpha value is -1.61. The summed E-state index contributed by atoms with van der Waals surface area (Å²) in [5, 5.41) is 4.46. The number of aryl methyl sites for hydroxylation is 1. The fraction of sp³-hybridized carbons (Fsp3) is 0.308. The summed E-state index contributed by atoms with van der Waals surface area (Å²) >= 11 is 0. The molecule has 2 aromatic rings. The van der Waals surface area contributed by atoms with Gasteiger partial charge < -0.3 is 4.74 Å². The first kappa shape index (κ1) is 9.60. The van der Waals surface area contributed by atoms with E-state index in [1.54, 1.807) is 0 Å². The fourth-order valence-corrected chi connectivity index (χ4v) is 2.19. The molecule has 1 aromatic heterocycles. The van der Waals surface area contributed by atoms with Crippen molar-refractivity contribution in [3.8, 4) is 0 Å². The van der Waals surface area contributed by atoms with Gasteiger partial charge in [-0.3, -0.25) is 4.68 Å². The topological polar surface area (TPSA) is 27.1 Å². The lowest BCUT2D eigenvalue weighted by molar-refractivity contribution is 0.0422. The number of hydrogen-bond donors (Lipinski definition) is 0. The molecule has 0 fully saturated rings. The van der Waals surface area contributed by atoms with Crippen LogP contribution in [-0.4, -0.2) is 16.4 Å². The third-order valence-electron chi connectivity index (χ3n) is 2.89. The van der Waals surface area contributed by atoms with Crippen LogP contribution in [0.4, 0.5) is 0 Å². The minimum atomic E-state index is 0.0381. The van der Waals surface area contributed by atoms with Crippen molar-refractivity contribution >= 4 is 0 Å². The standard InChI is InChI=1S/C13H14N2O/c1-10-9-12-13(11-5-3-2-4-6-11)16-8-7-15(12)14-10/h2-6,9,13H,7-8H2,1H3. The van der Waals surface area contributed by atoms with E-state index < -0.39 is 0 Å². The first-order chi connectivity index (χ1) is 7.84. The quantitative estimate of drug-likeness (QED) is 0.728. The van der Waals surface area contributed by atoms with Crippen molar-refractivity contribution in [2.75, 3.05) is 6.61 Å². The summed E-state index contributed by atoms with van der Waals surface area (Å²) in [5.41, 5.74) is 3.42. The Labute approximate surface area is 94.7 Å². The van der Waals surface area contributed by atoms with Gasteiger partial charge in [-0.05, 0) is 18.6 Å². The Bertz CT molecular complexity index is 490. The molecule has 3 heteroatoms. The van der Waals surface area contributed by atoms with E-state index >= 15 is 0 Å². The SMILES string of the molecule is Cc1cc2n(n1)CCOC2c1ccccc1. The molecule has 0 saturated heterocycles. The molecule has 3 rings (SSSR count). The zero-order chi connectivity index (χ0) is 11.0. The third-order valence-corrected chi connectivity index (χ3v) is 2.89. The molecule has 0 spiro atoms. The molecule has 0 aliphatic carbocycles. The second-order valence-electron chi connectivity index (χ2n) is 4.10. The third kappa shape index (κ3) is 1.53. The summed E-state index contributed by atoms with van der Waals surface area (Å²) in [6.45, 7) is 3.60. The second-order valence-corrected chi connectivity index (χ2v) is 4.10. The molecule has 0 amide bonds. The van der Waals surface area contributed by atoms with E-state index in [9.17, 15) is 0 Å². The van der Waals surface area contributed by atoms with Crippen molar-refractivity contribution in [3.05, 3.63) is 53.3 Å². The Morgan fingerprint density at radius 2 is 2.12 bits per heavy atom. The van der Waals surface area contributed by atoms with Crippen molar-refractivity contribution in [2.24, 2.45) is 0 Å². The van der Waals surface area contributed by atoms with E-state index in [0.717, 1.165) is 24.5 Å². The van der Waals surface area contributed by atoms with E-state index in [0.29, 0.717) is 0 Å². The van der Waals surface area contributed by atoms with Crippen molar-refractivity contribution in [3.63, 3.8) is 0 Å². The zero-order valence-electron chi connectivity index (χ0n) is 9.26. The smallest absolute Gasteiger partial charge is 0.124 e. The minimum Gasteiger partial charge on any atom is -0.365 e. The van der Waals surface area contributed by atoms with Crippen LogP contribution in [0, 0.1) is 6.92 Å². The fourth-order valence-electron chi connectivity index (χ4n) is 2.19. The summed E-state index contributed by atoms with van der Waals surface area (Å²) in [6, 6.07) is 12.4. The van der Waals surface area contributed by atoms with Gasteiger partial charge in [0.25, 0.3) is 0 Å². The van der Waals surface area contributed by atoms with Gasteiger partial charge >= 0.3 is 0 Å². The van der Waals surface area contributed by atoms with Gasteiger partial charge in [-0.2, -0.15) is 5.10 Å². The average molecular weight is 214 g/mol. The van der Waals surface area contributed by atoms with E-state index in [-0.39, 0.29) is 6.10 Å². The highest BCUT2D eigenvalue weighted by atomic mass is 16.5. The molecule has 0 bridgehead atoms. The average Bonchev–Trinajstić information content (AvgIpc) is 2.70. The van der Waals surface area contributed by atoms with E-state index in [4.69, 9.17) is 4.74 Å². The van der Waals surface area contributed by atoms with Gasteiger partial charge in [-0.15, -0.1) is 0 Å². The first-order valence-corrected chi connectivity index (χ1v) is 5.55. The second kappa shape index (κ2) is 3.76. The number of aromatic nitrogens is 2. The van der Waals surface area contributed by atoms with Crippen molar-refractivity contribution in [2.45, 2.75) is 19.6 Å². The molecule has 0 radical (unpaired) electrons. The normalized spacial score (nSPS) is 19.4. The maximum atomic E-state index is 5.84. The van der Waals surface area contributed by atoms with Crippen LogP contribution in [0.2, 0.25) is 0 Å². The lowest BCUT2D eigenvalue weighted by Gasteiger charge is -2.24. The van der Waals surface area contributed by atoms with Crippen LogP contribution >= 0.6 is 0 Å². The molecule has 0 saturated carbocycles. The van der Waals surface area contributed by atoms with Gasteiger partial charge in [0.2, 0.25) is 0 Å². The number of nitrogens with zero attached hydrogens (tertiary/aromatic N) is 2. The zero-order valence-corrected chi connectivity index (χ0v) is 9.26. The molecule has 1 aliphatic heterocycles. The molecule has 82 valence electrons. The van der Waals surface area contributed by atoms with E-state index in [1.807, 2.05) is 25.1 Å². The van der Waals surface area contributed by atoms with Gasteiger partial charge in [-0.25, -0.2) is 0 Å².